The second-order valence-electron chi connectivity index (χ2n) is 4.87. The first-order valence-corrected chi connectivity index (χ1v) is 8.68. The average molecular weight is 329 g/mol. The Morgan fingerprint density at radius 3 is 2.90 bits per heavy atom. The summed E-state index contributed by atoms with van der Waals surface area (Å²) >= 11 is 1.30. The minimum atomic E-state index is -3.86. The second-order valence-corrected chi connectivity index (χ2v) is 7.59. The molecule has 2 N–H and O–H groups in total. The summed E-state index contributed by atoms with van der Waals surface area (Å²) < 4.78 is 28.2. The average Bonchev–Trinajstić information content (AvgIpc) is 2.90. The SMILES string of the molecule is CN1CCCN(S(=O)(=O)c2c(N)nc3sccn23)CC1=O. The highest BCUT2D eigenvalue weighted by Crippen LogP contribution is 2.26. The molecule has 0 saturated carbocycles. The summed E-state index contributed by atoms with van der Waals surface area (Å²) in [6.07, 6.45) is 2.20. The fourth-order valence-electron chi connectivity index (χ4n) is 2.33. The molecule has 0 unspecified atom stereocenters. The Balaban J connectivity index is 2.05. The molecule has 21 heavy (non-hydrogen) atoms. The van der Waals surface area contributed by atoms with Gasteiger partial charge in [-0.25, -0.2) is 13.4 Å². The van der Waals surface area contributed by atoms with Crippen LogP contribution in [-0.2, 0) is 14.8 Å². The number of carbonyl (C=O) groups is 1. The predicted octanol–water partition coefficient (Wildman–Crippen LogP) is -0.169. The molecule has 0 atom stereocenters. The van der Waals surface area contributed by atoms with Gasteiger partial charge in [0.1, 0.15) is 0 Å². The van der Waals surface area contributed by atoms with Crippen molar-refractivity contribution in [3.8, 4) is 0 Å². The Kier molecular flexibility index (Phi) is 3.38. The van der Waals surface area contributed by atoms with Crippen molar-refractivity contribution in [2.24, 2.45) is 0 Å². The third-order valence-electron chi connectivity index (χ3n) is 3.47. The minimum Gasteiger partial charge on any atom is -0.381 e. The third kappa shape index (κ3) is 2.28. The minimum absolute atomic E-state index is 0.0353. The van der Waals surface area contributed by atoms with E-state index < -0.39 is 10.0 Å². The van der Waals surface area contributed by atoms with Gasteiger partial charge in [0.2, 0.25) is 5.91 Å². The molecular formula is C11H15N5O3S2. The molecule has 0 aliphatic carbocycles. The fraction of sp³-hybridized carbons (Fsp3) is 0.455. The molecule has 1 amide bonds. The van der Waals surface area contributed by atoms with Gasteiger partial charge >= 0.3 is 0 Å². The van der Waals surface area contributed by atoms with Crippen molar-refractivity contribution in [3.63, 3.8) is 0 Å². The molecule has 2 aromatic heterocycles. The van der Waals surface area contributed by atoms with Gasteiger partial charge in [0, 0.05) is 31.7 Å². The molecule has 10 heteroatoms. The van der Waals surface area contributed by atoms with Crippen LogP contribution in [-0.4, -0.2) is 59.6 Å². The van der Waals surface area contributed by atoms with Gasteiger partial charge in [-0.05, 0) is 6.42 Å². The number of hydrogen-bond donors (Lipinski definition) is 1. The Morgan fingerprint density at radius 2 is 2.14 bits per heavy atom. The highest BCUT2D eigenvalue weighted by molar-refractivity contribution is 7.89. The number of imidazole rings is 1. The van der Waals surface area contributed by atoms with Crippen LogP contribution in [0.1, 0.15) is 6.42 Å². The van der Waals surface area contributed by atoms with Crippen molar-refractivity contribution >= 4 is 38.0 Å². The lowest BCUT2D eigenvalue weighted by Crippen LogP contribution is -2.38. The van der Waals surface area contributed by atoms with Crippen molar-refractivity contribution in [2.75, 3.05) is 32.4 Å². The van der Waals surface area contributed by atoms with Crippen LogP contribution in [0.2, 0.25) is 0 Å². The quantitative estimate of drug-likeness (QED) is 0.824. The molecule has 0 aromatic carbocycles. The number of aromatic nitrogens is 2. The number of carbonyl (C=O) groups excluding carboxylic acids is 1. The van der Waals surface area contributed by atoms with E-state index in [1.807, 2.05) is 0 Å². The summed E-state index contributed by atoms with van der Waals surface area (Å²) in [4.78, 5) is 18.0. The topological polar surface area (TPSA) is 101 Å². The van der Waals surface area contributed by atoms with E-state index in [4.69, 9.17) is 5.73 Å². The number of rotatable bonds is 2. The molecule has 3 heterocycles. The number of amides is 1. The Labute approximate surface area is 125 Å². The maximum absolute atomic E-state index is 12.8. The van der Waals surface area contributed by atoms with E-state index >= 15 is 0 Å². The highest BCUT2D eigenvalue weighted by Gasteiger charge is 2.34. The maximum Gasteiger partial charge on any atom is 0.263 e. The third-order valence-corrected chi connectivity index (χ3v) is 6.11. The molecule has 114 valence electrons. The van der Waals surface area contributed by atoms with E-state index in [1.54, 1.807) is 18.6 Å². The first-order valence-electron chi connectivity index (χ1n) is 6.36. The van der Waals surface area contributed by atoms with Gasteiger partial charge < -0.3 is 10.6 Å². The molecule has 0 radical (unpaired) electrons. The first kappa shape index (κ1) is 14.3. The van der Waals surface area contributed by atoms with Gasteiger partial charge in [0.25, 0.3) is 10.0 Å². The van der Waals surface area contributed by atoms with E-state index in [0.717, 1.165) is 0 Å². The molecule has 8 nitrogen and oxygen atoms in total. The summed E-state index contributed by atoms with van der Waals surface area (Å²) in [5, 5.41) is 1.68. The lowest BCUT2D eigenvalue weighted by Gasteiger charge is -2.19. The Hall–Kier alpha value is -1.65. The number of sulfonamides is 1. The Bertz CT molecular complexity index is 794. The number of nitrogens with zero attached hydrogens (tertiary/aromatic N) is 4. The van der Waals surface area contributed by atoms with Crippen LogP contribution in [0, 0.1) is 0 Å². The standard InChI is InChI=1S/C11H15N5O3S2/c1-14-3-2-4-15(7-8(14)17)21(18,19)10-9(12)13-11-16(10)5-6-20-11/h5-6H,2-4,7,12H2,1H3. The smallest absolute Gasteiger partial charge is 0.263 e. The summed E-state index contributed by atoms with van der Waals surface area (Å²) in [6.45, 7) is 0.658. The van der Waals surface area contributed by atoms with Gasteiger partial charge in [-0.3, -0.25) is 9.20 Å². The number of fused-ring (bicyclic) bond motifs is 1. The number of anilines is 1. The van der Waals surface area contributed by atoms with Crippen molar-refractivity contribution in [3.05, 3.63) is 11.6 Å². The molecular weight excluding hydrogens is 314 g/mol. The van der Waals surface area contributed by atoms with E-state index in [9.17, 15) is 13.2 Å². The van der Waals surface area contributed by atoms with E-state index in [1.165, 1.54) is 24.9 Å². The molecule has 3 rings (SSSR count). The largest absolute Gasteiger partial charge is 0.381 e. The number of nitrogens with two attached hydrogens (primary N) is 1. The van der Waals surface area contributed by atoms with Crippen molar-refractivity contribution in [1.29, 1.82) is 0 Å². The number of nitrogen functional groups attached to an aromatic ring is 1. The normalized spacial score (nSPS) is 18.3. The lowest BCUT2D eigenvalue weighted by atomic mass is 10.4. The monoisotopic (exact) mass is 329 g/mol. The van der Waals surface area contributed by atoms with Crippen molar-refractivity contribution in [2.45, 2.75) is 11.4 Å². The first-order chi connectivity index (χ1) is 9.91. The van der Waals surface area contributed by atoms with E-state index in [-0.39, 0.29) is 29.8 Å². The molecule has 0 spiro atoms. The number of thiazole rings is 1. The second kappa shape index (κ2) is 4.97. The summed E-state index contributed by atoms with van der Waals surface area (Å²) in [6, 6.07) is 0. The zero-order chi connectivity index (χ0) is 15.2. The molecule has 2 aromatic rings. The molecule has 1 fully saturated rings. The highest BCUT2D eigenvalue weighted by atomic mass is 32.2. The fourth-order valence-corrected chi connectivity index (χ4v) is 4.70. The molecule has 1 aliphatic rings. The zero-order valence-electron chi connectivity index (χ0n) is 11.4. The zero-order valence-corrected chi connectivity index (χ0v) is 13.0. The van der Waals surface area contributed by atoms with Crippen LogP contribution >= 0.6 is 11.3 Å². The summed E-state index contributed by atoms with van der Waals surface area (Å²) in [5.74, 6) is -0.257. The van der Waals surface area contributed by atoms with Crippen LogP contribution in [0.25, 0.3) is 4.96 Å². The summed E-state index contributed by atoms with van der Waals surface area (Å²) in [7, 11) is -2.19. The number of likely N-dealkylation sites (N-methyl/N-ethyl adjacent to an activating group) is 1. The van der Waals surface area contributed by atoms with Crippen molar-refractivity contribution in [1.82, 2.24) is 18.6 Å². The lowest BCUT2D eigenvalue weighted by molar-refractivity contribution is -0.129. The van der Waals surface area contributed by atoms with Gasteiger partial charge in [0.05, 0.1) is 6.54 Å². The molecule has 1 saturated heterocycles. The van der Waals surface area contributed by atoms with Gasteiger partial charge in [-0.15, -0.1) is 11.3 Å². The van der Waals surface area contributed by atoms with Crippen LogP contribution in [0.15, 0.2) is 16.6 Å². The van der Waals surface area contributed by atoms with Gasteiger partial charge in [-0.2, -0.15) is 4.31 Å². The number of hydrogen-bond acceptors (Lipinski definition) is 6. The molecule has 1 aliphatic heterocycles. The predicted molar refractivity (Wildman–Crippen MR) is 78.5 cm³/mol. The maximum atomic E-state index is 12.8. The molecule has 0 bridgehead atoms. The van der Waals surface area contributed by atoms with E-state index in [2.05, 4.69) is 4.98 Å². The van der Waals surface area contributed by atoms with E-state index in [0.29, 0.717) is 17.9 Å². The van der Waals surface area contributed by atoms with Crippen LogP contribution < -0.4 is 5.73 Å². The van der Waals surface area contributed by atoms with Crippen LogP contribution in [0.5, 0.6) is 0 Å². The Morgan fingerprint density at radius 1 is 1.38 bits per heavy atom. The van der Waals surface area contributed by atoms with Crippen LogP contribution in [0.4, 0.5) is 5.82 Å². The summed E-state index contributed by atoms with van der Waals surface area (Å²) in [5.41, 5.74) is 5.77. The van der Waals surface area contributed by atoms with Crippen molar-refractivity contribution < 1.29 is 13.2 Å². The van der Waals surface area contributed by atoms with Gasteiger partial charge in [0.15, 0.2) is 15.8 Å². The van der Waals surface area contributed by atoms with Crippen LogP contribution in [0.3, 0.4) is 0 Å². The van der Waals surface area contributed by atoms with Gasteiger partial charge in [-0.1, -0.05) is 0 Å².